The lowest BCUT2D eigenvalue weighted by Gasteiger charge is -2.08. The van der Waals surface area contributed by atoms with Gasteiger partial charge in [-0.25, -0.2) is 8.42 Å². The molecule has 5 nitrogen and oxygen atoms in total. The number of rotatable bonds is 6. The second kappa shape index (κ2) is 7.35. The van der Waals surface area contributed by atoms with Crippen LogP contribution in [0.2, 0.25) is 5.02 Å². The van der Waals surface area contributed by atoms with Crippen LogP contribution in [0.5, 0.6) is 0 Å². The summed E-state index contributed by atoms with van der Waals surface area (Å²) in [6, 6.07) is 15.4. The van der Waals surface area contributed by atoms with Crippen molar-refractivity contribution in [3.05, 3.63) is 78.0 Å². The van der Waals surface area contributed by atoms with E-state index in [2.05, 4.69) is 16.4 Å². The summed E-state index contributed by atoms with van der Waals surface area (Å²) >= 11 is 5.97. The summed E-state index contributed by atoms with van der Waals surface area (Å²) in [5.74, 6) is 0.274. The SMILES string of the molecule is C=CCn1nc(NS(=O)(=O)c2ccccc2)c(-c2ccc(Cl)cc2)c1C. The van der Waals surface area contributed by atoms with Crippen LogP contribution < -0.4 is 4.72 Å². The van der Waals surface area contributed by atoms with Crippen molar-refractivity contribution >= 4 is 27.4 Å². The molecular weight excluding hydrogens is 370 g/mol. The topological polar surface area (TPSA) is 64.0 Å². The Morgan fingerprint density at radius 3 is 2.42 bits per heavy atom. The molecular formula is C19H18ClN3O2S. The molecule has 0 bridgehead atoms. The molecule has 1 aromatic heterocycles. The molecule has 26 heavy (non-hydrogen) atoms. The van der Waals surface area contributed by atoms with E-state index in [-0.39, 0.29) is 10.7 Å². The number of nitrogens with one attached hydrogen (secondary N) is 1. The Bertz CT molecular complexity index is 1030. The number of sulfonamides is 1. The monoisotopic (exact) mass is 387 g/mol. The molecule has 1 heterocycles. The van der Waals surface area contributed by atoms with Crippen molar-refractivity contribution in [3.8, 4) is 11.1 Å². The number of hydrogen-bond acceptors (Lipinski definition) is 3. The summed E-state index contributed by atoms with van der Waals surface area (Å²) in [5, 5.41) is 5.04. The van der Waals surface area contributed by atoms with E-state index in [0.29, 0.717) is 17.1 Å². The molecule has 3 aromatic rings. The molecule has 7 heteroatoms. The number of anilines is 1. The molecule has 3 rings (SSSR count). The first-order valence-electron chi connectivity index (χ1n) is 7.94. The Morgan fingerprint density at radius 2 is 1.81 bits per heavy atom. The molecule has 0 aliphatic carbocycles. The minimum Gasteiger partial charge on any atom is -0.263 e. The maximum atomic E-state index is 12.7. The number of hydrogen-bond donors (Lipinski definition) is 1. The summed E-state index contributed by atoms with van der Waals surface area (Å²) in [4.78, 5) is 0.179. The number of allylic oxidation sites excluding steroid dienone is 1. The van der Waals surface area contributed by atoms with Crippen molar-refractivity contribution in [1.82, 2.24) is 9.78 Å². The van der Waals surface area contributed by atoms with Crippen molar-refractivity contribution in [3.63, 3.8) is 0 Å². The Hall–Kier alpha value is -2.57. The van der Waals surface area contributed by atoms with E-state index in [0.717, 1.165) is 11.3 Å². The zero-order chi connectivity index (χ0) is 18.7. The van der Waals surface area contributed by atoms with Gasteiger partial charge in [-0.1, -0.05) is 48.0 Å². The molecule has 2 aromatic carbocycles. The maximum Gasteiger partial charge on any atom is 0.263 e. The predicted octanol–water partition coefficient (Wildman–Crippen LogP) is 4.50. The molecule has 0 atom stereocenters. The zero-order valence-corrected chi connectivity index (χ0v) is 15.8. The number of benzene rings is 2. The van der Waals surface area contributed by atoms with E-state index < -0.39 is 10.0 Å². The van der Waals surface area contributed by atoms with Crippen molar-refractivity contribution in [2.75, 3.05) is 4.72 Å². The Kier molecular flexibility index (Phi) is 5.15. The lowest BCUT2D eigenvalue weighted by Crippen LogP contribution is -2.14. The molecule has 0 saturated heterocycles. The van der Waals surface area contributed by atoms with Crippen LogP contribution in [0.25, 0.3) is 11.1 Å². The lowest BCUT2D eigenvalue weighted by atomic mass is 10.1. The van der Waals surface area contributed by atoms with Crippen LogP contribution in [0.3, 0.4) is 0 Å². The summed E-state index contributed by atoms with van der Waals surface area (Å²) in [7, 11) is -3.75. The number of halogens is 1. The van der Waals surface area contributed by atoms with Crippen LogP contribution >= 0.6 is 11.6 Å². The third-order valence-electron chi connectivity index (χ3n) is 3.93. The van der Waals surface area contributed by atoms with Gasteiger partial charge in [0.25, 0.3) is 10.0 Å². The van der Waals surface area contributed by atoms with E-state index in [4.69, 9.17) is 11.6 Å². The van der Waals surface area contributed by atoms with Crippen LogP contribution in [0.15, 0.2) is 72.1 Å². The van der Waals surface area contributed by atoms with Gasteiger partial charge in [0.15, 0.2) is 5.82 Å². The highest BCUT2D eigenvalue weighted by Gasteiger charge is 2.22. The first-order valence-corrected chi connectivity index (χ1v) is 9.80. The van der Waals surface area contributed by atoms with E-state index in [9.17, 15) is 8.42 Å². The normalized spacial score (nSPS) is 11.3. The predicted molar refractivity (Wildman–Crippen MR) is 105 cm³/mol. The largest absolute Gasteiger partial charge is 0.263 e. The maximum absolute atomic E-state index is 12.7. The lowest BCUT2D eigenvalue weighted by molar-refractivity contribution is 0.600. The second-order valence-corrected chi connectivity index (χ2v) is 7.82. The Morgan fingerprint density at radius 1 is 1.15 bits per heavy atom. The molecule has 0 amide bonds. The smallest absolute Gasteiger partial charge is 0.263 e. The highest BCUT2D eigenvalue weighted by Crippen LogP contribution is 2.33. The van der Waals surface area contributed by atoms with Gasteiger partial charge in [0.05, 0.1) is 11.4 Å². The highest BCUT2D eigenvalue weighted by atomic mass is 35.5. The fourth-order valence-electron chi connectivity index (χ4n) is 2.67. The van der Waals surface area contributed by atoms with Gasteiger partial charge in [0, 0.05) is 16.3 Å². The number of aromatic nitrogens is 2. The third kappa shape index (κ3) is 3.66. The first-order chi connectivity index (χ1) is 12.4. The van der Waals surface area contributed by atoms with E-state index in [1.54, 1.807) is 41.1 Å². The quantitative estimate of drug-likeness (QED) is 0.633. The van der Waals surface area contributed by atoms with Crippen LogP contribution in [0.1, 0.15) is 5.69 Å². The second-order valence-electron chi connectivity index (χ2n) is 5.71. The van der Waals surface area contributed by atoms with Crippen molar-refractivity contribution in [2.45, 2.75) is 18.4 Å². The fourth-order valence-corrected chi connectivity index (χ4v) is 3.82. The van der Waals surface area contributed by atoms with Crippen LogP contribution in [0.4, 0.5) is 5.82 Å². The van der Waals surface area contributed by atoms with Crippen LogP contribution in [0, 0.1) is 6.92 Å². The van der Waals surface area contributed by atoms with Gasteiger partial charge in [-0.05, 0) is 36.8 Å². The molecule has 1 N–H and O–H groups in total. The van der Waals surface area contributed by atoms with Crippen LogP contribution in [-0.4, -0.2) is 18.2 Å². The fraction of sp³-hybridized carbons (Fsp3) is 0.105. The van der Waals surface area contributed by atoms with E-state index in [1.807, 2.05) is 19.1 Å². The highest BCUT2D eigenvalue weighted by molar-refractivity contribution is 7.92. The average molecular weight is 388 g/mol. The minimum absolute atomic E-state index is 0.179. The molecule has 0 aliphatic rings. The van der Waals surface area contributed by atoms with Gasteiger partial charge < -0.3 is 0 Å². The summed E-state index contributed by atoms with van der Waals surface area (Å²) < 4.78 is 29.7. The standard InChI is InChI=1S/C19H18ClN3O2S/c1-3-13-23-14(2)18(15-9-11-16(20)12-10-15)19(21-23)22-26(24,25)17-7-5-4-6-8-17/h3-12H,1,13H2,2H3,(H,21,22). The van der Waals surface area contributed by atoms with E-state index in [1.165, 1.54) is 12.1 Å². The van der Waals surface area contributed by atoms with Crippen molar-refractivity contribution < 1.29 is 8.42 Å². The summed E-state index contributed by atoms with van der Waals surface area (Å²) in [6.07, 6.45) is 1.71. The Balaban J connectivity index is 2.10. The van der Waals surface area contributed by atoms with E-state index >= 15 is 0 Å². The molecule has 0 radical (unpaired) electrons. The molecule has 0 unspecified atom stereocenters. The van der Waals surface area contributed by atoms with Gasteiger partial charge in [0.1, 0.15) is 0 Å². The van der Waals surface area contributed by atoms with Gasteiger partial charge in [-0.2, -0.15) is 5.10 Å². The van der Waals surface area contributed by atoms with Crippen LogP contribution in [-0.2, 0) is 16.6 Å². The first kappa shape index (κ1) is 18.2. The van der Waals surface area contributed by atoms with Gasteiger partial charge >= 0.3 is 0 Å². The van der Waals surface area contributed by atoms with Gasteiger partial charge in [0.2, 0.25) is 0 Å². The Labute approximate surface area is 158 Å². The zero-order valence-electron chi connectivity index (χ0n) is 14.2. The van der Waals surface area contributed by atoms with Gasteiger partial charge in [-0.3, -0.25) is 9.40 Å². The molecule has 0 fully saturated rings. The number of nitrogens with zero attached hydrogens (tertiary/aromatic N) is 2. The molecule has 134 valence electrons. The minimum atomic E-state index is -3.75. The van der Waals surface area contributed by atoms with Crippen molar-refractivity contribution in [1.29, 1.82) is 0 Å². The average Bonchev–Trinajstić information content (AvgIpc) is 2.92. The molecule has 0 saturated carbocycles. The summed E-state index contributed by atoms with van der Waals surface area (Å²) in [5.41, 5.74) is 2.37. The van der Waals surface area contributed by atoms with Gasteiger partial charge in [-0.15, -0.1) is 6.58 Å². The molecule has 0 spiro atoms. The van der Waals surface area contributed by atoms with Crippen molar-refractivity contribution in [2.24, 2.45) is 0 Å². The molecule has 0 aliphatic heterocycles. The third-order valence-corrected chi connectivity index (χ3v) is 5.53. The summed E-state index contributed by atoms with van der Waals surface area (Å²) in [6.45, 7) is 6.09.